The molecule has 2 rings (SSSR count). The second kappa shape index (κ2) is 11.6. The minimum atomic E-state index is -1.14. The van der Waals surface area contributed by atoms with Crippen LogP contribution in [0.1, 0.15) is 12.5 Å². The number of allylic oxidation sites excluding steroid dienone is 1. The van der Waals surface area contributed by atoms with E-state index in [9.17, 15) is 22.4 Å². The van der Waals surface area contributed by atoms with Gasteiger partial charge in [-0.1, -0.05) is 0 Å². The normalized spacial score (nSPS) is 12.1. The number of hydrogen-bond donors (Lipinski definition) is 6. The quantitative estimate of drug-likeness (QED) is 0.224. The number of anilines is 2. The van der Waals surface area contributed by atoms with Gasteiger partial charge in [0.05, 0.1) is 25.0 Å². The van der Waals surface area contributed by atoms with Crippen LogP contribution in [0.4, 0.5) is 29.3 Å². The van der Waals surface area contributed by atoms with Gasteiger partial charge in [0.1, 0.15) is 17.5 Å². The molecule has 13 heteroatoms. The lowest BCUT2D eigenvalue weighted by Crippen LogP contribution is -2.39. The van der Waals surface area contributed by atoms with Gasteiger partial charge in [0, 0.05) is 42.7 Å². The van der Waals surface area contributed by atoms with Crippen LogP contribution in [0.3, 0.4) is 0 Å². The highest BCUT2D eigenvalue weighted by Gasteiger charge is 2.14. The molecule has 0 radical (unpaired) electrons. The van der Waals surface area contributed by atoms with Gasteiger partial charge in [-0.3, -0.25) is 4.79 Å². The molecule has 0 aliphatic rings. The van der Waals surface area contributed by atoms with E-state index in [-0.39, 0.29) is 30.6 Å². The third-order valence-electron chi connectivity index (χ3n) is 3.90. The molecule has 9 nitrogen and oxygen atoms in total. The summed E-state index contributed by atoms with van der Waals surface area (Å²) in [6, 6.07) is 0.592. The molecule has 1 atom stereocenters. The summed E-state index contributed by atoms with van der Waals surface area (Å²) in [5.41, 5.74) is -0.391. The van der Waals surface area contributed by atoms with Crippen molar-refractivity contribution in [3.63, 3.8) is 0 Å². The van der Waals surface area contributed by atoms with Gasteiger partial charge >= 0.3 is 0 Å². The van der Waals surface area contributed by atoms with E-state index in [0.717, 1.165) is 12.4 Å². The molecule has 32 heavy (non-hydrogen) atoms. The fourth-order valence-electron chi connectivity index (χ4n) is 2.33. The van der Waals surface area contributed by atoms with Crippen LogP contribution < -0.4 is 21.3 Å². The number of benzene rings is 1. The van der Waals surface area contributed by atoms with Gasteiger partial charge in [0.15, 0.2) is 11.6 Å². The minimum Gasteiger partial charge on any atom is -0.394 e. The molecule has 0 aliphatic carbocycles. The summed E-state index contributed by atoms with van der Waals surface area (Å²) in [5, 5.41) is 26.5. The Bertz CT molecular complexity index is 981. The molecule has 0 saturated heterocycles. The molecule has 0 saturated carbocycles. The van der Waals surface area contributed by atoms with Crippen LogP contribution in [0.2, 0.25) is 0 Å². The van der Waals surface area contributed by atoms with Crippen molar-refractivity contribution in [3.8, 4) is 0 Å². The Morgan fingerprint density at radius 3 is 2.53 bits per heavy atom. The van der Waals surface area contributed by atoms with E-state index >= 15 is 0 Å². The van der Waals surface area contributed by atoms with Crippen molar-refractivity contribution < 1.29 is 27.5 Å². The summed E-state index contributed by atoms with van der Waals surface area (Å²) in [6.07, 6.45) is 2.96. The van der Waals surface area contributed by atoms with Gasteiger partial charge in [0.2, 0.25) is 11.9 Å². The minimum absolute atomic E-state index is 0.112. The SMILES string of the molecule is CC(CO)NC(=O)CN/C=C(\C=N)Nc1ncc(F)c(NCc2c(F)cc(F)cc2F)n1. The van der Waals surface area contributed by atoms with Crippen LogP contribution in [0.25, 0.3) is 0 Å². The van der Waals surface area contributed by atoms with Gasteiger partial charge in [-0.05, 0) is 6.92 Å². The second-order valence-corrected chi connectivity index (χ2v) is 6.49. The number of aliphatic hydroxyl groups is 1. The first-order valence-electron chi connectivity index (χ1n) is 9.24. The number of hydrogen-bond acceptors (Lipinski definition) is 8. The number of aliphatic hydroxyl groups excluding tert-OH is 1. The fourth-order valence-corrected chi connectivity index (χ4v) is 2.33. The van der Waals surface area contributed by atoms with E-state index in [0.29, 0.717) is 12.1 Å². The number of amides is 1. The number of nitrogens with one attached hydrogen (secondary N) is 5. The summed E-state index contributed by atoms with van der Waals surface area (Å²) < 4.78 is 54.5. The van der Waals surface area contributed by atoms with Gasteiger partial charge in [-0.25, -0.2) is 22.5 Å². The second-order valence-electron chi connectivity index (χ2n) is 6.49. The lowest BCUT2D eigenvalue weighted by molar-refractivity contribution is -0.120. The fraction of sp³-hybridized carbons (Fsp3) is 0.263. The highest BCUT2D eigenvalue weighted by molar-refractivity contribution is 5.81. The summed E-state index contributed by atoms with van der Waals surface area (Å²) in [5.74, 6) is -5.20. The Kier molecular flexibility index (Phi) is 8.89. The average molecular weight is 455 g/mol. The van der Waals surface area contributed by atoms with E-state index < -0.39 is 47.3 Å². The largest absolute Gasteiger partial charge is 0.394 e. The maximum atomic E-state index is 14.0. The first kappa shape index (κ1) is 24.5. The monoisotopic (exact) mass is 455 g/mol. The molecule has 172 valence electrons. The zero-order chi connectivity index (χ0) is 23.7. The number of nitrogens with zero attached hydrogens (tertiary/aromatic N) is 2. The first-order chi connectivity index (χ1) is 15.2. The van der Waals surface area contributed by atoms with E-state index in [4.69, 9.17) is 10.5 Å². The molecule has 2 aromatic rings. The highest BCUT2D eigenvalue weighted by Crippen LogP contribution is 2.18. The van der Waals surface area contributed by atoms with E-state index in [1.165, 1.54) is 6.20 Å². The van der Waals surface area contributed by atoms with Crippen LogP contribution in [-0.2, 0) is 11.3 Å². The van der Waals surface area contributed by atoms with Crippen molar-refractivity contribution in [2.45, 2.75) is 19.5 Å². The number of carbonyl (C=O) groups is 1. The molecule has 0 bridgehead atoms. The zero-order valence-corrected chi connectivity index (χ0v) is 16.8. The van der Waals surface area contributed by atoms with Crippen LogP contribution in [0, 0.1) is 28.7 Å². The van der Waals surface area contributed by atoms with Crippen LogP contribution in [0.5, 0.6) is 0 Å². The molecule has 6 N–H and O–H groups in total. The molecule has 1 aromatic carbocycles. The van der Waals surface area contributed by atoms with Gasteiger partial charge in [-0.15, -0.1) is 0 Å². The highest BCUT2D eigenvalue weighted by atomic mass is 19.1. The summed E-state index contributed by atoms with van der Waals surface area (Å²) >= 11 is 0. The van der Waals surface area contributed by atoms with Gasteiger partial charge in [0.25, 0.3) is 0 Å². The molecular weight excluding hydrogens is 434 g/mol. The van der Waals surface area contributed by atoms with Crippen molar-refractivity contribution in [3.05, 3.63) is 59.1 Å². The molecule has 1 aromatic heterocycles. The Balaban J connectivity index is 2.03. The Hall–Kier alpha value is -3.74. The van der Waals surface area contributed by atoms with E-state index in [2.05, 4.69) is 31.2 Å². The molecule has 0 spiro atoms. The Morgan fingerprint density at radius 1 is 1.22 bits per heavy atom. The first-order valence-corrected chi connectivity index (χ1v) is 9.24. The van der Waals surface area contributed by atoms with Crippen LogP contribution >= 0.6 is 0 Å². The molecular formula is C19H21F4N7O2. The van der Waals surface area contributed by atoms with Crippen molar-refractivity contribution in [2.24, 2.45) is 0 Å². The summed E-state index contributed by atoms with van der Waals surface area (Å²) in [6.45, 7) is 0.749. The molecule has 1 unspecified atom stereocenters. The predicted octanol–water partition coefficient (Wildman–Crippen LogP) is 1.63. The van der Waals surface area contributed by atoms with Gasteiger partial charge in [-0.2, -0.15) is 4.98 Å². The summed E-state index contributed by atoms with van der Waals surface area (Å²) in [7, 11) is 0. The van der Waals surface area contributed by atoms with Crippen molar-refractivity contribution in [1.82, 2.24) is 20.6 Å². The maximum absolute atomic E-state index is 14.0. The van der Waals surface area contributed by atoms with Crippen molar-refractivity contribution in [2.75, 3.05) is 23.8 Å². The van der Waals surface area contributed by atoms with Crippen molar-refractivity contribution in [1.29, 1.82) is 5.41 Å². The molecule has 1 heterocycles. The topological polar surface area (TPSA) is 135 Å². The number of carbonyl (C=O) groups excluding carboxylic acids is 1. The van der Waals surface area contributed by atoms with E-state index in [1.807, 2.05) is 0 Å². The summed E-state index contributed by atoms with van der Waals surface area (Å²) in [4.78, 5) is 19.2. The average Bonchev–Trinajstić information content (AvgIpc) is 2.74. The maximum Gasteiger partial charge on any atom is 0.239 e. The molecule has 0 aliphatic heterocycles. The Morgan fingerprint density at radius 2 is 1.91 bits per heavy atom. The van der Waals surface area contributed by atoms with Crippen molar-refractivity contribution >= 4 is 23.9 Å². The van der Waals surface area contributed by atoms with Gasteiger partial charge < -0.3 is 31.8 Å². The Labute approximate surface area is 180 Å². The lowest BCUT2D eigenvalue weighted by atomic mass is 10.2. The van der Waals surface area contributed by atoms with Crippen LogP contribution in [-0.4, -0.2) is 46.4 Å². The third kappa shape index (κ3) is 7.19. The molecule has 1 amide bonds. The third-order valence-corrected chi connectivity index (χ3v) is 3.90. The molecule has 0 fully saturated rings. The van der Waals surface area contributed by atoms with E-state index in [1.54, 1.807) is 6.92 Å². The number of aromatic nitrogens is 2. The predicted molar refractivity (Wildman–Crippen MR) is 109 cm³/mol. The smallest absolute Gasteiger partial charge is 0.239 e. The number of rotatable bonds is 11. The van der Waals surface area contributed by atoms with Crippen LogP contribution in [0.15, 0.2) is 30.2 Å². The lowest BCUT2D eigenvalue weighted by Gasteiger charge is -2.12. The zero-order valence-electron chi connectivity index (χ0n) is 16.8. The number of halogens is 4. The standard InChI is InChI=1S/C19H21F4N7O2/c1-10(9-31)28-17(32)8-25-5-12(4-24)29-19-27-7-16(23)18(30-19)26-6-13-14(21)2-11(20)3-15(13)22/h2-5,7,10,24-25,31H,6,8-9H2,1H3,(H,28,32)(H2,26,27,29,30)/b12-5+,24-4?.